The average molecular weight is 494 g/mol. The molecule has 1 aromatic heterocycles. The van der Waals surface area contributed by atoms with Gasteiger partial charge in [-0.2, -0.15) is 4.31 Å². The molecule has 32 heavy (non-hydrogen) atoms. The lowest BCUT2D eigenvalue weighted by atomic mass is 10.2. The van der Waals surface area contributed by atoms with Crippen LogP contribution in [0.25, 0.3) is 0 Å². The molecule has 0 aliphatic heterocycles. The van der Waals surface area contributed by atoms with Gasteiger partial charge in [-0.15, -0.1) is 5.10 Å². The van der Waals surface area contributed by atoms with Gasteiger partial charge in [0.1, 0.15) is 5.82 Å². The second-order valence-electron chi connectivity index (χ2n) is 7.11. The minimum atomic E-state index is -3.88. The first kappa shape index (κ1) is 24.2. The fraction of sp³-hybridized carbons (Fsp3) is 0.286. The third-order valence-electron chi connectivity index (χ3n) is 4.48. The maximum atomic E-state index is 13.3. The summed E-state index contributed by atoms with van der Waals surface area (Å²) in [6.07, 6.45) is 0. The first-order valence-electron chi connectivity index (χ1n) is 9.84. The van der Waals surface area contributed by atoms with Crippen LogP contribution in [0.1, 0.15) is 17.0 Å². The van der Waals surface area contributed by atoms with Crippen molar-refractivity contribution in [2.75, 3.05) is 18.8 Å². The number of benzene rings is 2. The molecule has 8 nitrogen and oxygen atoms in total. The lowest BCUT2D eigenvalue weighted by Crippen LogP contribution is -2.40. The van der Waals surface area contributed by atoms with Crippen LogP contribution in [-0.2, 0) is 21.4 Å². The van der Waals surface area contributed by atoms with Crippen LogP contribution in [0.3, 0.4) is 0 Å². The van der Waals surface area contributed by atoms with Crippen LogP contribution in [0.2, 0.25) is 5.02 Å². The van der Waals surface area contributed by atoms with Crippen LogP contribution in [0, 0.1) is 13.8 Å². The summed E-state index contributed by atoms with van der Waals surface area (Å²) in [5.74, 6) is 0.891. The van der Waals surface area contributed by atoms with E-state index in [0.717, 1.165) is 17.0 Å². The highest BCUT2D eigenvalue weighted by molar-refractivity contribution is 7.99. The van der Waals surface area contributed by atoms with Gasteiger partial charge < -0.3 is 5.32 Å². The van der Waals surface area contributed by atoms with E-state index in [0.29, 0.717) is 22.5 Å². The van der Waals surface area contributed by atoms with Crippen molar-refractivity contribution in [3.63, 3.8) is 0 Å². The molecule has 2 aromatic carbocycles. The van der Waals surface area contributed by atoms with Crippen LogP contribution >= 0.6 is 23.4 Å². The minimum Gasteiger partial charge on any atom is -0.354 e. The highest BCUT2D eigenvalue weighted by Crippen LogP contribution is 2.20. The maximum absolute atomic E-state index is 13.3. The quantitative estimate of drug-likeness (QED) is 0.332. The van der Waals surface area contributed by atoms with E-state index in [4.69, 9.17) is 11.6 Å². The van der Waals surface area contributed by atoms with Crippen molar-refractivity contribution in [1.29, 1.82) is 0 Å². The van der Waals surface area contributed by atoms with Crippen molar-refractivity contribution in [3.05, 3.63) is 70.5 Å². The standard InChI is InChI=1S/C21H24ClN5O3S2/c1-15-3-9-19(10-4-15)32(29,30)27(13-17-5-7-18(22)8-6-17)14-20(28)23-11-12-31-21-24-16(2)25-26-21/h3-10H,11-14H2,1-2H3,(H,23,28)(H,24,25,26). The molecular weight excluding hydrogens is 470 g/mol. The van der Waals surface area contributed by atoms with Gasteiger partial charge in [0.15, 0.2) is 0 Å². The summed E-state index contributed by atoms with van der Waals surface area (Å²) < 4.78 is 27.7. The number of aryl methyl sites for hydroxylation is 2. The Balaban J connectivity index is 1.67. The average Bonchev–Trinajstić information content (AvgIpc) is 3.17. The van der Waals surface area contributed by atoms with E-state index in [2.05, 4.69) is 20.5 Å². The smallest absolute Gasteiger partial charge is 0.243 e. The summed E-state index contributed by atoms with van der Waals surface area (Å²) in [6, 6.07) is 13.4. The Labute approximate surface area is 196 Å². The number of nitrogens with one attached hydrogen (secondary N) is 2. The number of halogens is 1. The molecule has 0 spiro atoms. The van der Waals surface area contributed by atoms with Crippen molar-refractivity contribution < 1.29 is 13.2 Å². The molecule has 0 unspecified atom stereocenters. The van der Waals surface area contributed by atoms with Crippen molar-refractivity contribution in [3.8, 4) is 0 Å². The van der Waals surface area contributed by atoms with Gasteiger partial charge in [-0.05, 0) is 43.7 Å². The number of nitrogens with zero attached hydrogens (tertiary/aromatic N) is 3. The molecule has 3 aromatic rings. The molecule has 1 amide bonds. The summed E-state index contributed by atoms with van der Waals surface area (Å²) in [5, 5.41) is 10.7. The van der Waals surface area contributed by atoms with Gasteiger partial charge in [-0.3, -0.25) is 9.89 Å². The number of aromatic amines is 1. The van der Waals surface area contributed by atoms with Gasteiger partial charge in [-0.1, -0.05) is 53.2 Å². The van der Waals surface area contributed by atoms with Gasteiger partial charge in [0, 0.05) is 23.9 Å². The fourth-order valence-electron chi connectivity index (χ4n) is 2.81. The predicted octanol–water partition coefficient (Wildman–Crippen LogP) is 3.17. The molecule has 0 atom stereocenters. The number of H-pyrrole nitrogens is 1. The molecule has 3 rings (SSSR count). The monoisotopic (exact) mass is 493 g/mol. The van der Waals surface area contributed by atoms with Crippen LogP contribution in [-0.4, -0.2) is 52.7 Å². The van der Waals surface area contributed by atoms with E-state index < -0.39 is 10.0 Å². The highest BCUT2D eigenvalue weighted by atomic mass is 35.5. The summed E-state index contributed by atoms with van der Waals surface area (Å²) in [5.41, 5.74) is 1.68. The molecule has 0 bridgehead atoms. The number of aromatic nitrogens is 3. The topological polar surface area (TPSA) is 108 Å². The zero-order chi connectivity index (χ0) is 23.1. The predicted molar refractivity (Wildman–Crippen MR) is 125 cm³/mol. The maximum Gasteiger partial charge on any atom is 0.243 e. The number of carbonyl (C=O) groups is 1. The second kappa shape index (κ2) is 11.0. The van der Waals surface area contributed by atoms with Crippen LogP contribution < -0.4 is 5.32 Å². The Morgan fingerprint density at radius 2 is 1.81 bits per heavy atom. The molecule has 0 saturated carbocycles. The van der Waals surface area contributed by atoms with E-state index >= 15 is 0 Å². The summed E-state index contributed by atoms with van der Waals surface area (Å²) in [7, 11) is -3.88. The molecule has 11 heteroatoms. The van der Waals surface area contributed by atoms with E-state index in [-0.39, 0.29) is 23.9 Å². The van der Waals surface area contributed by atoms with Crippen molar-refractivity contribution >= 4 is 39.3 Å². The van der Waals surface area contributed by atoms with Gasteiger partial charge in [0.2, 0.25) is 21.1 Å². The minimum absolute atomic E-state index is 0.0476. The van der Waals surface area contributed by atoms with E-state index in [1.54, 1.807) is 48.5 Å². The molecular formula is C21H24ClN5O3S2. The molecule has 2 N–H and O–H groups in total. The zero-order valence-corrected chi connectivity index (χ0v) is 20.1. The molecule has 1 heterocycles. The van der Waals surface area contributed by atoms with Crippen molar-refractivity contribution in [2.45, 2.75) is 30.4 Å². The Bertz CT molecular complexity index is 1150. The second-order valence-corrected chi connectivity index (χ2v) is 10.6. The number of hydrogen-bond acceptors (Lipinski definition) is 6. The number of sulfonamides is 1. The third-order valence-corrected chi connectivity index (χ3v) is 7.39. The summed E-state index contributed by atoms with van der Waals surface area (Å²) in [4.78, 5) is 16.9. The number of rotatable bonds is 10. The molecule has 0 fully saturated rings. The highest BCUT2D eigenvalue weighted by Gasteiger charge is 2.27. The fourth-order valence-corrected chi connectivity index (χ4v) is 5.02. The van der Waals surface area contributed by atoms with Gasteiger partial charge in [-0.25, -0.2) is 13.4 Å². The van der Waals surface area contributed by atoms with Crippen LogP contribution in [0.5, 0.6) is 0 Å². The number of amides is 1. The van der Waals surface area contributed by atoms with E-state index in [1.165, 1.54) is 16.1 Å². The third kappa shape index (κ3) is 6.80. The van der Waals surface area contributed by atoms with Gasteiger partial charge >= 0.3 is 0 Å². The SMILES string of the molecule is Cc1ccc(S(=O)(=O)N(CC(=O)NCCSc2n[nH]c(C)n2)Cc2ccc(Cl)cc2)cc1. The Morgan fingerprint density at radius 3 is 2.44 bits per heavy atom. The summed E-state index contributed by atoms with van der Waals surface area (Å²) >= 11 is 7.34. The summed E-state index contributed by atoms with van der Waals surface area (Å²) in [6.45, 7) is 3.79. The molecule has 170 valence electrons. The number of thioether (sulfide) groups is 1. The Hall–Kier alpha value is -2.40. The van der Waals surface area contributed by atoms with Gasteiger partial charge in [0.05, 0.1) is 11.4 Å². The van der Waals surface area contributed by atoms with Crippen LogP contribution in [0.4, 0.5) is 0 Å². The number of carbonyl (C=O) groups excluding carboxylic acids is 1. The van der Waals surface area contributed by atoms with Crippen LogP contribution in [0.15, 0.2) is 58.6 Å². The van der Waals surface area contributed by atoms with Crippen molar-refractivity contribution in [1.82, 2.24) is 24.8 Å². The lowest BCUT2D eigenvalue weighted by Gasteiger charge is -2.22. The lowest BCUT2D eigenvalue weighted by molar-refractivity contribution is -0.121. The van der Waals surface area contributed by atoms with Crippen molar-refractivity contribution in [2.24, 2.45) is 0 Å². The Kier molecular flexibility index (Phi) is 8.30. The zero-order valence-electron chi connectivity index (χ0n) is 17.7. The molecule has 0 aliphatic rings. The normalized spacial score (nSPS) is 11.6. The van der Waals surface area contributed by atoms with E-state index in [9.17, 15) is 13.2 Å². The van der Waals surface area contributed by atoms with Gasteiger partial charge in [0.25, 0.3) is 0 Å². The molecule has 0 aliphatic carbocycles. The Morgan fingerprint density at radius 1 is 1.12 bits per heavy atom. The first-order valence-corrected chi connectivity index (χ1v) is 12.6. The van der Waals surface area contributed by atoms with E-state index in [1.807, 2.05) is 13.8 Å². The molecule has 0 radical (unpaired) electrons. The first-order chi connectivity index (χ1) is 15.2. The molecule has 0 saturated heterocycles. The number of hydrogen-bond donors (Lipinski definition) is 2. The largest absolute Gasteiger partial charge is 0.354 e.